The summed E-state index contributed by atoms with van der Waals surface area (Å²) >= 11 is 0. The maximum Gasteiger partial charge on any atom is 0.331 e. The van der Waals surface area contributed by atoms with E-state index < -0.39 is 11.2 Å². The van der Waals surface area contributed by atoms with Crippen LogP contribution in [0.5, 0.6) is 5.88 Å². The van der Waals surface area contributed by atoms with E-state index in [2.05, 4.69) is 9.98 Å². The third-order valence-electron chi connectivity index (χ3n) is 4.42. The molecule has 0 amide bonds. The molecule has 25 heavy (non-hydrogen) atoms. The number of aromatic nitrogens is 2. The summed E-state index contributed by atoms with van der Waals surface area (Å²) in [5.41, 5.74) is -0.287. The summed E-state index contributed by atoms with van der Waals surface area (Å²) in [6, 6.07) is 9.32. The number of benzene rings is 1. The highest BCUT2D eigenvalue weighted by molar-refractivity contribution is 5.80. The van der Waals surface area contributed by atoms with Crippen molar-refractivity contribution in [3.63, 3.8) is 0 Å². The van der Waals surface area contributed by atoms with Crippen molar-refractivity contribution >= 4 is 18.0 Å². The first kappa shape index (κ1) is 17.0. The minimum atomic E-state index is -0.598. The van der Waals surface area contributed by atoms with Crippen LogP contribution in [0.4, 0.5) is 5.69 Å². The van der Waals surface area contributed by atoms with Crippen LogP contribution < -0.4 is 11.2 Å². The van der Waals surface area contributed by atoms with Crippen LogP contribution in [0, 0.1) is 0 Å². The summed E-state index contributed by atoms with van der Waals surface area (Å²) < 4.78 is 1.31. The van der Waals surface area contributed by atoms with E-state index in [0.29, 0.717) is 0 Å². The van der Waals surface area contributed by atoms with Crippen molar-refractivity contribution < 1.29 is 5.11 Å². The quantitative estimate of drug-likeness (QED) is 0.839. The summed E-state index contributed by atoms with van der Waals surface area (Å²) in [4.78, 5) is 30.7. The van der Waals surface area contributed by atoms with Gasteiger partial charge in [-0.05, 0) is 37.1 Å². The molecule has 0 spiro atoms. The average molecular weight is 339 g/mol. The van der Waals surface area contributed by atoms with Gasteiger partial charge >= 0.3 is 5.69 Å². The molecule has 1 saturated carbocycles. The van der Waals surface area contributed by atoms with Gasteiger partial charge in [-0.25, -0.2) is 4.79 Å². The fraction of sp³-hybridized carbons (Fsp3) is 0.316. The van der Waals surface area contributed by atoms with Crippen molar-refractivity contribution in [2.45, 2.75) is 38.1 Å². The molecular formula is C19H21N3O3. The number of aromatic hydroxyl groups is 1. The molecular weight excluding hydrogens is 318 g/mol. The van der Waals surface area contributed by atoms with E-state index in [0.717, 1.165) is 37.8 Å². The summed E-state index contributed by atoms with van der Waals surface area (Å²) in [7, 11) is 0. The molecule has 6 nitrogen and oxygen atoms in total. The van der Waals surface area contributed by atoms with E-state index in [1.165, 1.54) is 10.6 Å². The zero-order chi connectivity index (χ0) is 17.6. The van der Waals surface area contributed by atoms with Crippen molar-refractivity contribution in [3.05, 3.63) is 62.8 Å². The predicted octanol–water partition coefficient (Wildman–Crippen LogP) is 3.16. The Morgan fingerprint density at radius 2 is 1.84 bits per heavy atom. The number of rotatable bonds is 4. The second-order valence-corrected chi connectivity index (χ2v) is 6.13. The number of hydrogen-bond acceptors (Lipinski definition) is 4. The Bertz CT molecular complexity index is 888. The lowest BCUT2D eigenvalue weighted by molar-refractivity contribution is 0.298. The Balaban J connectivity index is 1.88. The van der Waals surface area contributed by atoms with Gasteiger partial charge in [-0.15, -0.1) is 0 Å². The molecule has 3 rings (SSSR count). The van der Waals surface area contributed by atoms with Crippen molar-refractivity contribution in [1.29, 1.82) is 0 Å². The minimum absolute atomic E-state index is 0.0664. The second kappa shape index (κ2) is 7.79. The van der Waals surface area contributed by atoms with Crippen molar-refractivity contribution in [3.8, 4) is 5.88 Å². The fourth-order valence-electron chi connectivity index (χ4n) is 3.16. The van der Waals surface area contributed by atoms with E-state index in [4.69, 9.17) is 0 Å². The highest BCUT2D eigenvalue weighted by atomic mass is 16.3. The zero-order valence-electron chi connectivity index (χ0n) is 13.9. The molecule has 0 aliphatic heterocycles. The summed E-state index contributed by atoms with van der Waals surface area (Å²) in [6.07, 6.45) is 9.43. The molecule has 0 bridgehead atoms. The maximum absolute atomic E-state index is 12.1. The molecule has 2 N–H and O–H groups in total. The molecule has 1 aromatic heterocycles. The lowest BCUT2D eigenvalue weighted by Gasteiger charge is -2.24. The predicted molar refractivity (Wildman–Crippen MR) is 98.7 cm³/mol. The molecule has 1 fully saturated rings. The molecule has 0 unspecified atom stereocenters. The topological polar surface area (TPSA) is 87.5 Å². The lowest BCUT2D eigenvalue weighted by Crippen LogP contribution is -2.34. The molecule has 130 valence electrons. The smallest absolute Gasteiger partial charge is 0.331 e. The SMILES string of the molecule is O=c1[nH]c(=O)n(C2CCCCC2)c(O)c1/C=C/C=Nc1ccccc1. The average Bonchev–Trinajstić information content (AvgIpc) is 2.62. The van der Waals surface area contributed by atoms with Gasteiger partial charge in [-0.1, -0.05) is 37.5 Å². The number of hydrogen-bond donors (Lipinski definition) is 2. The van der Waals surface area contributed by atoms with Crippen LogP contribution >= 0.6 is 0 Å². The summed E-state index contributed by atoms with van der Waals surface area (Å²) in [6.45, 7) is 0. The molecule has 1 heterocycles. The van der Waals surface area contributed by atoms with Crippen molar-refractivity contribution in [1.82, 2.24) is 9.55 Å². The minimum Gasteiger partial charge on any atom is -0.494 e. The normalized spacial score (nSPS) is 16.0. The molecule has 1 aliphatic rings. The van der Waals surface area contributed by atoms with Crippen LogP contribution in [0.25, 0.3) is 6.08 Å². The molecule has 0 radical (unpaired) electrons. The van der Waals surface area contributed by atoms with Gasteiger partial charge < -0.3 is 5.11 Å². The summed E-state index contributed by atoms with van der Waals surface area (Å²) in [5, 5.41) is 10.5. The second-order valence-electron chi connectivity index (χ2n) is 6.13. The van der Waals surface area contributed by atoms with Crippen LogP contribution in [0.3, 0.4) is 0 Å². The van der Waals surface area contributed by atoms with Gasteiger partial charge in [0.1, 0.15) is 5.56 Å². The zero-order valence-corrected chi connectivity index (χ0v) is 13.9. The third kappa shape index (κ3) is 3.96. The van der Waals surface area contributed by atoms with E-state index in [1.807, 2.05) is 30.3 Å². The van der Waals surface area contributed by atoms with Gasteiger partial charge in [-0.2, -0.15) is 0 Å². The number of H-pyrrole nitrogens is 1. The number of para-hydroxylation sites is 1. The van der Waals surface area contributed by atoms with Gasteiger partial charge in [0.05, 0.1) is 5.69 Å². The molecule has 0 atom stereocenters. The first-order valence-electron chi connectivity index (χ1n) is 8.50. The van der Waals surface area contributed by atoms with E-state index >= 15 is 0 Å². The highest BCUT2D eigenvalue weighted by Gasteiger charge is 2.21. The third-order valence-corrected chi connectivity index (χ3v) is 4.42. The van der Waals surface area contributed by atoms with Crippen LogP contribution in [-0.2, 0) is 0 Å². The number of nitrogens with zero attached hydrogens (tertiary/aromatic N) is 2. The van der Waals surface area contributed by atoms with E-state index in [9.17, 15) is 14.7 Å². The monoisotopic (exact) mass is 339 g/mol. The Morgan fingerprint density at radius 3 is 2.56 bits per heavy atom. The molecule has 6 heteroatoms. The van der Waals surface area contributed by atoms with Crippen LogP contribution in [0.2, 0.25) is 0 Å². The van der Waals surface area contributed by atoms with Gasteiger partial charge in [-0.3, -0.25) is 19.3 Å². The Hall–Kier alpha value is -2.89. The lowest BCUT2D eigenvalue weighted by atomic mass is 9.95. The Kier molecular flexibility index (Phi) is 5.28. The first-order chi connectivity index (χ1) is 12.2. The van der Waals surface area contributed by atoms with Crippen LogP contribution in [-0.4, -0.2) is 20.9 Å². The molecule has 0 saturated heterocycles. The van der Waals surface area contributed by atoms with Crippen molar-refractivity contribution in [2.75, 3.05) is 0 Å². The van der Waals surface area contributed by atoms with Gasteiger partial charge in [0, 0.05) is 12.3 Å². The van der Waals surface area contributed by atoms with Gasteiger partial charge in [0.2, 0.25) is 5.88 Å². The van der Waals surface area contributed by atoms with Crippen molar-refractivity contribution in [2.24, 2.45) is 4.99 Å². The van der Waals surface area contributed by atoms with E-state index in [-0.39, 0.29) is 17.5 Å². The number of aliphatic imine (C=N–C) groups is 1. The molecule has 1 aliphatic carbocycles. The van der Waals surface area contributed by atoms with E-state index in [1.54, 1.807) is 12.3 Å². The van der Waals surface area contributed by atoms with Crippen LogP contribution in [0.1, 0.15) is 43.7 Å². The first-order valence-corrected chi connectivity index (χ1v) is 8.50. The number of aromatic amines is 1. The maximum atomic E-state index is 12.1. The Morgan fingerprint density at radius 1 is 1.12 bits per heavy atom. The standard InChI is InChI=1S/C19H21N3O3/c23-17-16(12-7-13-20-14-8-3-1-4-9-14)18(24)22(19(25)21-17)15-10-5-2-6-11-15/h1,3-4,7-9,12-13,15,24H,2,5-6,10-11H2,(H,21,23,25)/b12-7+,20-13?. The number of allylic oxidation sites excluding steroid dienone is 1. The fourth-order valence-corrected chi connectivity index (χ4v) is 3.16. The van der Waals surface area contributed by atoms with Gasteiger partial charge in [0.25, 0.3) is 5.56 Å². The molecule has 1 aromatic carbocycles. The number of nitrogens with one attached hydrogen (secondary N) is 1. The summed E-state index contributed by atoms with van der Waals surface area (Å²) in [5.74, 6) is -0.273. The van der Waals surface area contributed by atoms with Crippen LogP contribution in [0.15, 0.2) is 51.0 Å². The Labute approximate surface area is 145 Å². The largest absolute Gasteiger partial charge is 0.494 e. The van der Waals surface area contributed by atoms with Gasteiger partial charge in [0.15, 0.2) is 0 Å². The highest BCUT2D eigenvalue weighted by Crippen LogP contribution is 2.30. The molecule has 2 aromatic rings.